The summed E-state index contributed by atoms with van der Waals surface area (Å²) in [5.41, 5.74) is -4.31. The van der Waals surface area contributed by atoms with E-state index in [-0.39, 0.29) is 11.3 Å². The number of alkyl halides is 6. The lowest BCUT2D eigenvalue weighted by Gasteiger charge is -2.45. The van der Waals surface area contributed by atoms with Crippen molar-refractivity contribution in [3.63, 3.8) is 0 Å². The Balaban J connectivity index is 1.78. The van der Waals surface area contributed by atoms with E-state index in [2.05, 4.69) is 9.98 Å². The van der Waals surface area contributed by atoms with Crippen molar-refractivity contribution in [3.05, 3.63) is 46.2 Å². The molecule has 0 radical (unpaired) electrons. The van der Waals surface area contributed by atoms with Crippen LogP contribution in [0.3, 0.4) is 0 Å². The van der Waals surface area contributed by atoms with Gasteiger partial charge < -0.3 is 9.47 Å². The van der Waals surface area contributed by atoms with Crippen molar-refractivity contribution in [2.45, 2.75) is 38.2 Å². The van der Waals surface area contributed by atoms with E-state index in [0.29, 0.717) is 35.2 Å². The Morgan fingerprint density at radius 3 is 2.28 bits per heavy atom. The summed E-state index contributed by atoms with van der Waals surface area (Å²) < 4.78 is 97.2. The molecule has 0 spiro atoms. The van der Waals surface area contributed by atoms with Crippen molar-refractivity contribution in [1.82, 2.24) is 10.2 Å². The van der Waals surface area contributed by atoms with E-state index in [1.54, 1.807) is 37.4 Å². The molecule has 0 saturated carbocycles. The summed E-state index contributed by atoms with van der Waals surface area (Å²) >= 11 is 0.813. The summed E-state index contributed by atoms with van der Waals surface area (Å²) in [4.78, 5) is 32.9. The van der Waals surface area contributed by atoms with Gasteiger partial charge in [0.2, 0.25) is 5.91 Å². The van der Waals surface area contributed by atoms with Crippen LogP contribution in [0.5, 0.6) is 11.5 Å². The number of hydrogen-bond donors (Lipinski definition) is 1. The maximum atomic E-state index is 14.4. The first-order chi connectivity index (χ1) is 18.3. The zero-order valence-electron chi connectivity index (χ0n) is 20.5. The Morgan fingerprint density at radius 2 is 1.69 bits per heavy atom. The molecule has 2 aliphatic heterocycles. The van der Waals surface area contributed by atoms with Crippen LogP contribution in [0.25, 0.3) is 0 Å². The molecule has 1 aromatic carbocycles. The van der Waals surface area contributed by atoms with Crippen LogP contribution in [0, 0.1) is 5.92 Å². The summed E-state index contributed by atoms with van der Waals surface area (Å²) in [7, 11) is 0. The molecule has 1 aromatic heterocycles. The molecule has 3 heterocycles. The fraction of sp³-hybridized carbons (Fsp3) is 0.417. The number of thiophene rings is 1. The molecule has 2 aliphatic rings. The molecule has 2 aromatic rings. The first kappa shape index (κ1) is 28.4. The first-order valence-corrected chi connectivity index (χ1v) is 12.6. The minimum Gasteiger partial charge on any atom is -0.490 e. The minimum absolute atomic E-state index is 0.0175. The third-order valence-electron chi connectivity index (χ3n) is 6.03. The van der Waals surface area contributed by atoms with Gasteiger partial charge in [0.1, 0.15) is 11.8 Å². The van der Waals surface area contributed by atoms with Crippen LogP contribution >= 0.6 is 11.3 Å². The molecule has 8 nitrogen and oxygen atoms in total. The Hall–Kier alpha value is -3.62. The number of rotatable bonds is 8. The number of carbonyl (C=O) groups is 2. The Bertz CT molecular complexity index is 1290. The first-order valence-electron chi connectivity index (χ1n) is 11.7. The predicted molar refractivity (Wildman–Crippen MR) is 129 cm³/mol. The molecular weight excluding hydrogens is 554 g/mol. The number of nitrogens with one attached hydrogen (secondary N) is 1. The topological polar surface area (TPSA) is 92.6 Å². The second kappa shape index (κ2) is 10.5. The van der Waals surface area contributed by atoms with Crippen LogP contribution in [0.2, 0.25) is 0 Å². The Labute approximate surface area is 222 Å². The van der Waals surface area contributed by atoms with Crippen LogP contribution in [0.1, 0.15) is 24.3 Å². The monoisotopic (exact) mass is 576 g/mol. The average molecular weight is 577 g/mol. The van der Waals surface area contributed by atoms with Crippen molar-refractivity contribution >= 4 is 34.9 Å². The molecule has 1 saturated heterocycles. The van der Waals surface area contributed by atoms with Gasteiger partial charge in [-0.2, -0.15) is 26.3 Å². The summed E-state index contributed by atoms with van der Waals surface area (Å²) in [5.74, 6) is -5.80. The van der Waals surface area contributed by atoms with E-state index in [9.17, 15) is 35.9 Å². The maximum absolute atomic E-state index is 14.4. The standard InChI is InChI=1S/C24H22F6N4O4S/c1-3-37-14-8-7-13(12-15(14)38-4-2)9-10-34-19-17(20(35)32-21(34)36)22(23(25,26)27,24(28,29)30)33-18(31-19)16-6-5-11-39-16/h5-8,11-12,17H,3-4,9-10H2,1-2H3,(H,32,35,36). The van der Waals surface area contributed by atoms with Crippen molar-refractivity contribution in [1.29, 1.82) is 0 Å². The van der Waals surface area contributed by atoms with Gasteiger partial charge in [0.05, 0.1) is 18.1 Å². The third kappa shape index (κ3) is 5.06. The molecule has 1 fully saturated rings. The minimum atomic E-state index is -6.05. The summed E-state index contributed by atoms with van der Waals surface area (Å²) in [6, 6.07) is 6.26. The zero-order valence-corrected chi connectivity index (χ0v) is 21.3. The number of halogens is 6. The lowest BCUT2D eigenvalue weighted by molar-refractivity contribution is -0.302. The molecule has 0 bridgehead atoms. The van der Waals surface area contributed by atoms with E-state index in [1.807, 2.05) is 0 Å². The number of fused-ring (bicyclic) bond motifs is 1. The van der Waals surface area contributed by atoms with Gasteiger partial charge in [0.15, 0.2) is 17.3 Å². The van der Waals surface area contributed by atoms with Crippen molar-refractivity contribution in [2.75, 3.05) is 19.8 Å². The molecule has 15 heteroatoms. The Morgan fingerprint density at radius 1 is 1.03 bits per heavy atom. The molecule has 4 rings (SSSR count). The maximum Gasteiger partial charge on any atom is 0.423 e. The van der Waals surface area contributed by atoms with Gasteiger partial charge in [0, 0.05) is 6.54 Å². The van der Waals surface area contributed by atoms with Crippen molar-refractivity contribution in [3.8, 4) is 11.5 Å². The normalized spacial score (nSPS) is 19.2. The molecule has 3 amide bonds. The van der Waals surface area contributed by atoms with Crippen LogP contribution < -0.4 is 14.8 Å². The number of amidine groups is 2. The lowest BCUT2D eigenvalue weighted by Crippen LogP contribution is -2.73. The predicted octanol–water partition coefficient (Wildman–Crippen LogP) is 4.98. The van der Waals surface area contributed by atoms with Gasteiger partial charge in [-0.05, 0) is 49.4 Å². The summed E-state index contributed by atoms with van der Waals surface area (Å²) in [5, 5.41) is 3.05. The van der Waals surface area contributed by atoms with Gasteiger partial charge in [-0.25, -0.2) is 14.8 Å². The highest BCUT2D eigenvalue weighted by atomic mass is 32.1. The van der Waals surface area contributed by atoms with E-state index in [1.165, 1.54) is 17.5 Å². The van der Waals surface area contributed by atoms with Crippen LogP contribution in [0.15, 0.2) is 45.7 Å². The van der Waals surface area contributed by atoms with Crippen LogP contribution in [-0.4, -0.2) is 66.2 Å². The Kier molecular flexibility index (Phi) is 7.65. The van der Waals surface area contributed by atoms with Gasteiger partial charge in [-0.1, -0.05) is 12.1 Å². The molecule has 0 aliphatic carbocycles. The van der Waals surface area contributed by atoms with Crippen molar-refractivity contribution in [2.24, 2.45) is 15.9 Å². The van der Waals surface area contributed by atoms with Crippen LogP contribution in [-0.2, 0) is 11.2 Å². The second-order valence-electron chi connectivity index (χ2n) is 8.42. The lowest BCUT2D eigenvalue weighted by atomic mass is 9.78. The highest BCUT2D eigenvalue weighted by Gasteiger charge is 2.79. The number of aliphatic imine (C=N–C) groups is 2. The number of imide groups is 1. The molecule has 39 heavy (non-hydrogen) atoms. The highest BCUT2D eigenvalue weighted by Crippen LogP contribution is 2.53. The van der Waals surface area contributed by atoms with E-state index < -0.39 is 54.0 Å². The number of hydrogen-bond acceptors (Lipinski definition) is 7. The molecule has 210 valence electrons. The number of benzene rings is 1. The van der Waals surface area contributed by atoms with Crippen LogP contribution in [0.4, 0.5) is 31.1 Å². The number of ether oxygens (including phenoxy) is 2. The average Bonchev–Trinajstić information content (AvgIpc) is 3.38. The molecule has 1 atom stereocenters. The third-order valence-corrected chi connectivity index (χ3v) is 6.90. The SMILES string of the molecule is CCOc1ccc(CCN2C(=O)NC(=O)C3C2=NC(c2cccs2)=NC3(C(F)(F)F)C(F)(F)F)cc1OCC. The van der Waals surface area contributed by atoms with E-state index >= 15 is 0 Å². The largest absolute Gasteiger partial charge is 0.490 e. The van der Waals surface area contributed by atoms with Crippen molar-refractivity contribution < 1.29 is 45.4 Å². The van der Waals surface area contributed by atoms with E-state index in [0.717, 1.165) is 11.3 Å². The molecular formula is C24H22F6N4O4S. The fourth-order valence-electron chi connectivity index (χ4n) is 4.33. The van der Waals surface area contributed by atoms with Gasteiger partial charge >= 0.3 is 18.4 Å². The highest BCUT2D eigenvalue weighted by molar-refractivity contribution is 7.12. The molecule has 1 N–H and O–H groups in total. The smallest absolute Gasteiger partial charge is 0.423 e. The van der Waals surface area contributed by atoms with E-state index in [4.69, 9.17) is 9.47 Å². The zero-order chi connectivity index (χ0) is 28.6. The summed E-state index contributed by atoms with van der Waals surface area (Å²) in [6.07, 6.45) is -12.1. The number of nitrogens with zero attached hydrogens (tertiary/aromatic N) is 3. The molecule has 1 unspecified atom stereocenters. The summed E-state index contributed by atoms with van der Waals surface area (Å²) in [6.45, 7) is 3.80. The number of amides is 3. The fourth-order valence-corrected chi connectivity index (χ4v) is 4.99. The number of carbonyl (C=O) groups excluding carboxylic acids is 2. The number of urea groups is 1. The second-order valence-corrected chi connectivity index (χ2v) is 9.37. The van der Waals surface area contributed by atoms with Gasteiger partial charge in [0.25, 0.3) is 5.54 Å². The quantitative estimate of drug-likeness (QED) is 0.449. The van der Waals surface area contributed by atoms with Gasteiger partial charge in [-0.3, -0.25) is 15.0 Å². The van der Waals surface area contributed by atoms with Gasteiger partial charge in [-0.15, -0.1) is 11.3 Å².